The Morgan fingerprint density at radius 2 is 1.65 bits per heavy atom. The molecule has 2 N–H and O–H groups in total. The molecule has 5 nitrogen and oxygen atoms in total. The third kappa shape index (κ3) is 3.35. The maximum atomic E-state index is 12.0. The first-order valence-electron chi connectivity index (χ1n) is 5.79. The number of phenolic OH excluding ortho intramolecular Hbond substituents is 1. The molecule has 20 heavy (non-hydrogen) atoms. The van der Waals surface area contributed by atoms with Gasteiger partial charge in [-0.05, 0) is 42.0 Å². The summed E-state index contributed by atoms with van der Waals surface area (Å²) in [6.45, 7) is 0.134. The van der Waals surface area contributed by atoms with Crippen molar-refractivity contribution in [3.05, 3.63) is 59.7 Å². The average Bonchev–Trinajstić information content (AvgIpc) is 2.46. The fraction of sp³-hybridized carbons (Fsp3) is 0.0714. The highest BCUT2D eigenvalue weighted by molar-refractivity contribution is 7.89. The third-order valence-electron chi connectivity index (χ3n) is 2.70. The lowest BCUT2D eigenvalue weighted by atomic mass is 10.1. The van der Waals surface area contributed by atoms with E-state index in [4.69, 9.17) is 10.4 Å². The number of nitrogens with zero attached hydrogens (tertiary/aromatic N) is 1. The SMILES string of the molecule is N#Cc1ccc(CNS(=O)(=O)c2ccc(O)cc2)cc1. The van der Waals surface area contributed by atoms with E-state index in [0.717, 1.165) is 5.56 Å². The molecular weight excluding hydrogens is 276 g/mol. The molecule has 0 aliphatic carbocycles. The molecule has 0 heterocycles. The van der Waals surface area contributed by atoms with Gasteiger partial charge in [0.15, 0.2) is 0 Å². The van der Waals surface area contributed by atoms with Crippen LogP contribution in [0.3, 0.4) is 0 Å². The first-order valence-corrected chi connectivity index (χ1v) is 7.27. The predicted molar refractivity (Wildman–Crippen MR) is 73.3 cm³/mol. The molecule has 0 saturated heterocycles. The number of hydrogen-bond donors (Lipinski definition) is 2. The molecular formula is C14H12N2O3S. The summed E-state index contributed by atoms with van der Waals surface area (Å²) in [6.07, 6.45) is 0. The first kappa shape index (κ1) is 14.1. The standard InChI is InChI=1S/C14H12N2O3S/c15-9-11-1-3-12(4-2-11)10-16-20(18,19)14-7-5-13(17)6-8-14/h1-8,16-17H,10H2. The number of aromatic hydroxyl groups is 1. The minimum absolute atomic E-state index is 0.0102. The summed E-state index contributed by atoms with van der Waals surface area (Å²) in [5.74, 6) is 0.0102. The highest BCUT2D eigenvalue weighted by atomic mass is 32.2. The fourth-order valence-corrected chi connectivity index (χ4v) is 2.60. The van der Waals surface area contributed by atoms with Gasteiger partial charge in [0.2, 0.25) is 10.0 Å². The van der Waals surface area contributed by atoms with Crippen LogP contribution in [0.25, 0.3) is 0 Å². The monoisotopic (exact) mass is 288 g/mol. The summed E-state index contributed by atoms with van der Waals surface area (Å²) in [5, 5.41) is 17.8. The van der Waals surface area contributed by atoms with E-state index >= 15 is 0 Å². The smallest absolute Gasteiger partial charge is 0.240 e. The van der Waals surface area contributed by atoms with Gasteiger partial charge in [-0.3, -0.25) is 0 Å². The Bertz CT molecular complexity index is 729. The largest absolute Gasteiger partial charge is 0.508 e. The molecule has 0 radical (unpaired) electrons. The lowest BCUT2D eigenvalue weighted by Crippen LogP contribution is -2.23. The zero-order valence-corrected chi connectivity index (χ0v) is 11.3. The summed E-state index contributed by atoms with van der Waals surface area (Å²) in [4.78, 5) is 0.0870. The van der Waals surface area contributed by atoms with Gasteiger partial charge in [-0.25, -0.2) is 13.1 Å². The summed E-state index contributed by atoms with van der Waals surface area (Å²) in [7, 11) is -3.62. The number of hydrogen-bond acceptors (Lipinski definition) is 4. The predicted octanol–water partition coefficient (Wildman–Crippen LogP) is 1.74. The Hall–Kier alpha value is -2.36. The maximum Gasteiger partial charge on any atom is 0.240 e. The number of rotatable bonds is 4. The minimum atomic E-state index is -3.62. The highest BCUT2D eigenvalue weighted by Gasteiger charge is 2.13. The summed E-state index contributed by atoms with van der Waals surface area (Å²) < 4.78 is 26.4. The van der Waals surface area contributed by atoms with Crippen molar-refractivity contribution in [2.45, 2.75) is 11.4 Å². The van der Waals surface area contributed by atoms with E-state index in [0.29, 0.717) is 5.56 Å². The number of sulfonamides is 1. The van der Waals surface area contributed by atoms with Gasteiger partial charge in [0.05, 0.1) is 16.5 Å². The Labute approximate surface area is 117 Å². The summed E-state index contributed by atoms with van der Waals surface area (Å²) in [5.41, 5.74) is 1.28. The fourth-order valence-electron chi connectivity index (χ4n) is 1.58. The molecule has 102 valence electrons. The van der Waals surface area contributed by atoms with Crippen molar-refractivity contribution in [2.75, 3.05) is 0 Å². The molecule has 0 aromatic heterocycles. The number of nitriles is 1. The van der Waals surface area contributed by atoms with Crippen LogP contribution in [0.15, 0.2) is 53.4 Å². The van der Waals surface area contributed by atoms with Crippen LogP contribution in [0.4, 0.5) is 0 Å². The Kier molecular flexibility index (Phi) is 4.03. The van der Waals surface area contributed by atoms with Crippen LogP contribution in [0.2, 0.25) is 0 Å². The Balaban J connectivity index is 2.09. The molecule has 0 atom stereocenters. The van der Waals surface area contributed by atoms with Crippen LogP contribution in [0, 0.1) is 11.3 Å². The van der Waals surface area contributed by atoms with Gasteiger partial charge in [-0.15, -0.1) is 0 Å². The molecule has 0 amide bonds. The molecule has 2 aromatic carbocycles. The van der Waals surface area contributed by atoms with Gasteiger partial charge in [0.1, 0.15) is 5.75 Å². The quantitative estimate of drug-likeness (QED) is 0.896. The van der Waals surface area contributed by atoms with Crippen molar-refractivity contribution >= 4 is 10.0 Å². The highest BCUT2D eigenvalue weighted by Crippen LogP contribution is 2.14. The molecule has 0 fully saturated rings. The van der Waals surface area contributed by atoms with E-state index in [1.165, 1.54) is 24.3 Å². The van der Waals surface area contributed by atoms with Crippen LogP contribution in [-0.4, -0.2) is 13.5 Å². The van der Waals surface area contributed by atoms with E-state index < -0.39 is 10.0 Å². The molecule has 2 aromatic rings. The van der Waals surface area contributed by atoms with Crippen LogP contribution in [-0.2, 0) is 16.6 Å². The van der Waals surface area contributed by atoms with E-state index in [-0.39, 0.29) is 17.2 Å². The molecule has 0 unspecified atom stereocenters. The topological polar surface area (TPSA) is 90.2 Å². The second kappa shape index (κ2) is 5.74. The first-order chi connectivity index (χ1) is 9.51. The van der Waals surface area contributed by atoms with Crippen LogP contribution < -0.4 is 4.72 Å². The van der Waals surface area contributed by atoms with Crippen LogP contribution in [0.5, 0.6) is 5.75 Å². The Morgan fingerprint density at radius 1 is 1.05 bits per heavy atom. The summed E-state index contributed by atoms with van der Waals surface area (Å²) >= 11 is 0. The molecule has 0 saturated carbocycles. The van der Waals surface area contributed by atoms with E-state index in [9.17, 15) is 8.42 Å². The van der Waals surface area contributed by atoms with Crippen LogP contribution in [0.1, 0.15) is 11.1 Å². The van der Waals surface area contributed by atoms with Gasteiger partial charge in [0.25, 0.3) is 0 Å². The lowest BCUT2D eigenvalue weighted by Gasteiger charge is -2.07. The van der Waals surface area contributed by atoms with Crippen molar-refractivity contribution in [1.29, 1.82) is 5.26 Å². The Morgan fingerprint density at radius 3 is 2.20 bits per heavy atom. The average molecular weight is 288 g/mol. The van der Waals surface area contributed by atoms with Gasteiger partial charge >= 0.3 is 0 Å². The van der Waals surface area contributed by atoms with Gasteiger partial charge < -0.3 is 5.11 Å². The zero-order valence-electron chi connectivity index (χ0n) is 10.4. The zero-order chi connectivity index (χ0) is 14.6. The van der Waals surface area contributed by atoms with Crippen LogP contribution >= 0.6 is 0 Å². The molecule has 0 aliphatic rings. The van der Waals surface area contributed by atoms with Crippen molar-refractivity contribution in [3.8, 4) is 11.8 Å². The molecule has 0 spiro atoms. The van der Waals surface area contributed by atoms with Crippen molar-refractivity contribution in [3.63, 3.8) is 0 Å². The molecule has 0 bridgehead atoms. The van der Waals surface area contributed by atoms with E-state index in [1.807, 2.05) is 6.07 Å². The molecule has 6 heteroatoms. The third-order valence-corrected chi connectivity index (χ3v) is 4.11. The minimum Gasteiger partial charge on any atom is -0.508 e. The second-order valence-corrected chi connectivity index (χ2v) is 5.89. The van der Waals surface area contributed by atoms with Crippen molar-refractivity contribution in [2.24, 2.45) is 0 Å². The van der Waals surface area contributed by atoms with Gasteiger partial charge in [-0.2, -0.15) is 5.26 Å². The number of nitrogens with one attached hydrogen (secondary N) is 1. The van der Waals surface area contributed by atoms with E-state index in [2.05, 4.69) is 4.72 Å². The normalized spacial score (nSPS) is 10.9. The molecule has 2 rings (SSSR count). The number of benzene rings is 2. The second-order valence-electron chi connectivity index (χ2n) is 4.13. The summed E-state index contributed by atoms with van der Waals surface area (Å²) in [6, 6.07) is 13.9. The van der Waals surface area contributed by atoms with Crippen molar-refractivity contribution in [1.82, 2.24) is 4.72 Å². The number of phenols is 1. The lowest BCUT2D eigenvalue weighted by molar-refractivity contribution is 0.474. The maximum absolute atomic E-state index is 12.0. The van der Waals surface area contributed by atoms with E-state index in [1.54, 1.807) is 24.3 Å². The van der Waals surface area contributed by atoms with Gasteiger partial charge in [-0.1, -0.05) is 12.1 Å². The molecule has 0 aliphatic heterocycles. The van der Waals surface area contributed by atoms with Crippen molar-refractivity contribution < 1.29 is 13.5 Å². The van der Waals surface area contributed by atoms with Gasteiger partial charge in [0, 0.05) is 6.54 Å².